The second kappa shape index (κ2) is 6.79. The van der Waals surface area contributed by atoms with E-state index in [-0.39, 0.29) is 5.91 Å². The van der Waals surface area contributed by atoms with E-state index in [1.807, 2.05) is 60.8 Å². The molecule has 1 aromatic heterocycles. The van der Waals surface area contributed by atoms with Gasteiger partial charge in [-0.1, -0.05) is 60.4 Å². The minimum absolute atomic E-state index is 0.161. The minimum atomic E-state index is -0.161. The van der Waals surface area contributed by atoms with E-state index in [4.69, 9.17) is 12.2 Å². The number of amides is 1. The van der Waals surface area contributed by atoms with Gasteiger partial charge in [0.05, 0.1) is 16.5 Å². The third kappa shape index (κ3) is 3.03. The molecule has 1 N–H and O–H groups in total. The highest BCUT2D eigenvalue weighted by molar-refractivity contribution is 8.26. The number of fused-ring (bicyclic) bond motifs is 1. The summed E-state index contributed by atoms with van der Waals surface area (Å²) in [7, 11) is 0. The first-order valence-corrected chi connectivity index (χ1v) is 9.19. The first-order chi connectivity index (χ1) is 12.7. The molecule has 1 fully saturated rings. The monoisotopic (exact) mass is 375 g/mol. The molecule has 0 aliphatic carbocycles. The van der Waals surface area contributed by atoms with Crippen molar-refractivity contribution < 1.29 is 4.79 Å². The van der Waals surface area contributed by atoms with Gasteiger partial charge in [0.1, 0.15) is 4.32 Å². The predicted molar refractivity (Wildman–Crippen MR) is 109 cm³/mol. The van der Waals surface area contributed by atoms with Crippen molar-refractivity contribution in [3.8, 4) is 6.07 Å². The highest BCUT2D eigenvalue weighted by Crippen LogP contribution is 2.30. The van der Waals surface area contributed by atoms with Gasteiger partial charge in [-0.05, 0) is 23.8 Å². The maximum absolute atomic E-state index is 12.0. The second-order valence-corrected chi connectivity index (χ2v) is 7.57. The number of rotatable bonds is 3. The van der Waals surface area contributed by atoms with Crippen molar-refractivity contribution in [3.05, 3.63) is 76.3 Å². The number of thiocarbonyl (C=S) groups is 1. The van der Waals surface area contributed by atoms with E-state index in [9.17, 15) is 10.1 Å². The topological polar surface area (TPSA) is 57.8 Å². The molecular weight excluding hydrogens is 362 g/mol. The zero-order chi connectivity index (χ0) is 18.1. The fourth-order valence-electron chi connectivity index (χ4n) is 3.03. The third-order valence-electron chi connectivity index (χ3n) is 4.23. The summed E-state index contributed by atoms with van der Waals surface area (Å²) < 4.78 is 2.58. The first-order valence-electron chi connectivity index (χ1n) is 7.96. The van der Waals surface area contributed by atoms with E-state index in [1.54, 1.807) is 0 Å². The number of aromatic nitrogens is 1. The molecule has 0 spiro atoms. The Morgan fingerprint density at radius 1 is 1.19 bits per heavy atom. The van der Waals surface area contributed by atoms with E-state index < -0.39 is 0 Å². The van der Waals surface area contributed by atoms with Gasteiger partial charge in [0, 0.05) is 29.2 Å². The van der Waals surface area contributed by atoms with Crippen molar-refractivity contribution in [3.63, 3.8) is 0 Å². The lowest BCUT2D eigenvalue weighted by molar-refractivity contribution is -0.115. The number of nitriles is 1. The Morgan fingerprint density at radius 2 is 1.96 bits per heavy atom. The van der Waals surface area contributed by atoms with Crippen molar-refractivity contribution in [1.82, 2.24) is 9.88 Å². The van der Waals surface area contributed by atoms with Crippen LogP contribution in [0.5, 0.6) is 0 Å². The van der Waals surface area contributed by atoms with Crippen LogP contribution in [0.1, 0.15) is 16.7 Å². The summed E-state index contributed by atoms with van der Waals surface area (Å²) in [6, 6.07) is 17.9. The van der Waals surface area contributed by atoms with Crippen molar-refractivity contribution in [2.45, 2.75) is 6.54 Å². The van der Waals surface area contributed by atoms with Gasteiger partial charge in [-0.15, -0.1) is 0 Å². The van der Waals surface area contributed by atoms with Gasteiger partial charge in [0.25, 0.3) is 5.91 Å². The Morgan fingerprint density at radius 3 is 2.73 bits per heavy atom. The van der Waals surface area contributed by atoms with Crippen LogP contribution in [-0.4, -0.2) is 14.8 Å². The molecule has 4 nitrogen and oxygen atoms in total. The van der Waals surface area contributed by atoms with Crippen LogP contribution < -0.4 is 5.32 Å². The quantitative estimate of drug-likeness (QED) is 0.554. The molecular formula is C20H13N3OS2. The summed E-state index contributed by atoms with van der Waals surface area (Å²) >= 11 is 6.34. The lowest BCUT2D eigenvalue weighted by Gasteiger charge is -2.07. The average molecular weight is 375 g/mol. The van der Waals surface area contributed by atoms with Crippen LogP contribution in [0.15, 0.2) is 59.6 Å². The summed E-state index contributed by atoms with van der Waals surface area (Å²) in [4.78, 5) is 12.6. The SMILES string of the molecule is N#Cc1ccccc1Cn1cc(C=C2SC(=S)NC2=O)c2ccccc21. The Labute approximate surface area is 160 Å². The van der Waals surface area contributed by atoms with Gasteiger partial charge >= 0.3 is 0 Å². The molecule has 2 heterocycles. The van der Waals surface area contributed by atoms with Crippen molar-refractivity contribution in [1.29, 1.82) is 5.26 Å². The molecule has 0 radical (unpaired) electrons. The fourth-order valence-corrected chi connectivity index (χ4v) is 4.07. The van der Waals surface area contributed by atoms with Crippen LogP contribution in [0.4, 0.5) is 0 Å². The van der Waals surface area contributed by atoms with Gasteiger partial charge in [-0.25, -0.2) is 0 Å². The smallest absolute Gasteiger partial charge is 0.263 e. The molecule has 126 valence electrons. The fraction of sp³-hybridized carbons (Fsp3) is 0.0500. The molecule has 3 aromatic rings. The van der Waals surface area contributed by atoms with Crippen LogP contribution >= 0.6 is 24.0 Å². The molecule has 1 aliphatic rings. The summed E-state index contributed by atoms with van der Waals surface area (Å²) in [5, 5.41) is 13.0. The molecule has 1 saturated heterocycles. The van der Waals surface area contributed by atoms with Crippen molar-refractivity contribution >= 4 is 51.2 Å². The Kier molecular flexibility index (Phi) is 4.33. The summed E-state index contributed by atoms with van der Waals surface area (Å²) in [5.74, 6) is -0.161. The Bertz CT molecular complexity index is 1120. The zero-order valence-electron chi connectivity index (χ0n) is 13.6. The molecule has 6 heteroatoms. The van der Waals surface area contributed by atoms with Crippen LogP contribution in [0.2, 0.25) is 0 Å². The number of hydrogen-bond donors (Lipinski definition) is 1. The maximum Gasteiger partial charge on any atom is 0.263 e. The molecule has 26 heavy (non-hydrogen) atoms. The molecule has 0 bridgehead atoms. The van der Waals surface area contributed by atoms with Crippen LogP contribution in [0, 0.1) is 11.3 Å². The van der Waals surface area contributed by atoms with Gasteiger partial charge in [-0.2, -0.15) is 5.26 Å². The van der Waals surface area contributed by atoms with Gasteiger partial charge < -0.3 is 9.88 Å². The maximum atomic E-state index is 12.0. The van der Waals surface area contributed by atoms with E-state index >= 15 is 0 Å². The number of nitrogens with one attached hydrogen (secondary N) is 1. The molecule has 0 unspecified atom stereocenters. The molecule has 0 atom stereocenters. The summed E-state index contributed by atoms with van der Waals surface area (Å²) in [6.45, 7) is 0.588. The summed E-state index contributed by atoms with van der Waals surface area (Å²) in [6.07, 6.45) is 3.88. The molecule has 0 saturated carbocycles. The molecule has 1 amide bonds. The number of thioether (sulfide) groups is 1. The Balaban J connectivity index is 1.80. The van der Waals surface area contributed by atoms with Crippen LogP contribution in [0.3, 0.4) is 0 Å². The number of nitrogens with zero attached hydrogens (tertiary/aromatic N) is 2. The normalized spacial score (nSPS) is 15.4. The highest BCUT2D eigenvalue weighted by atomic mass is 32.2. The zero-order valence-corrected chi connectivity index (χ0v) is 15.2. The minimum Gasteiger partial charge on any atom is -0.342 e. The van der Waals surface area contributed by atoms with E-state index in [0.29, 0.717) is 21.3 Å². The van der Waals surface area contributed by atoms with E-state index in [2.05, 4.69) is 16.0 Å². The number of para-hydroxylation sites is 1. The van der Waals surface area contributed by atoms with Crippen molar-refractivity contribution in [2.24, 2.45) is 0 Å². The largest absolute Gasteiger partial charge is 0.342 e. The molecule has 1 aliphatic heterocycles. The van der Waals surface area contributed by atoms with E-state index in [0.717, 1.165) is 22.0 Å². The number of carbonyl (C=O) groups is 1. The van der Waals surface area contributed by atoms with Crippen molar-refractivity contribution in [2.75, 3.05) is 0 Å². The van der Waals surface area contributed by atoms with Gasteiger partial charge in [0.2, 0.25) is 0 Å². The number of hydrogen-bond acceptors (Lipinski definition) is 4. The van der Waals surface area contributed by atoms with E-state index in [1.165, 1.54) is 11.8 Å². The number of carbonyl (C=O) groups excluding carboxylic acids is 1. The van der Waals surface area contributed by atoms with Gasteiger partial charge in [-0.3, -0.25) is 4.79 Å². The summed E-state index contributed by atoms with van der Waals surface area (Å²) in [5.41, 5.74) is 3.64. The standard InChI is InChI=1S/C20H13N3OS2/c21-10-13-5-1-2-6-14(13)11-23-12-15(16-7-3-4-8-17(16)23)9-18-19(24)22-20(25)26-18/h1-9,12H,11H2,(H,22,24,25). The Hall–Kier alpha value is -2.88. The third-order valence-corrected chi connectivity index (χ3v) is 5.39. The lowest BCUT2D eigenvalue weighted by Crippen LogP contribution is -2.17. The highest BCUT2D eigenvalue weighted by Gasteiger charge is 2.22. The predicted octanol–water partition coefficient (Wildman–Crippen LogP) is 4.05. The second-order valence-electron chi connectivity index (χ2n) is 5.85. The lowest BCUT2D eigenvalue weighted by atomic mass is 10.1. The van der Waals surface area contributed by atoms with Gasteiger partial charge in [0.15, 0.2) is 0 Å². The van der Waals surface area contributed by atoms with Crippen LogP contribution in [0.25, 0.3) is 17.0 Å². The van der Waals surface area contributed by atoms with Crippen LogP contribution in [-0.2, 0) is 11.3 Å². The number of benzene rings is 2. The molecule has 2 aromatic carbocycles. The molecule has 4 rings (SSSR count). The first kappa shape index (κ1) is 16.6. The average Bonchev–Trinajstić information content (AvgIpc) is 3.15.